The molecule has 21 heteroatoms. The van der Waals surface area contributed by atoms with Crippen LogP contribution < -0.4 is 15.6 Å². The average molecular weight is 1070 g/mol. The fraction of sp³-hybridized carbons (Fsp3) is 0.655. The molecule has 412 valence electrons. The van der Waals surface area contributed by atoms with Crippen molar-refractivity contribution < 1.29 is 51.6 Å². The number of alkyl halides is 2. The molecule has 7 aliphatic rings. The molecular formula is C55H73F2N9O9S. The first-order valence-corrected chi connectivity index (χ1v) is 28.3. The number of amides is 3. The van der Waals surface area contributed by atoms with Gasteiger partial charge in [-0.25, -0.2) is 24.0 Å². The van der Waals surface area contributed by atoms with Gasteiger partial charge in [0.05, 0.1) is 61.0 Å². The number of halogens is 2. The molecule has 6 aliphatic heterocycles. The number of ether oxygens (including phenoxy) is 6. The van der Waals surface area contributed by atoms with Crippen molar-refractivity contribution in [3.05, 3.63) is 52.1 Å². The maximum absolute atomic E-state index is 14.9. The van der Waals surface area contributed by atoms with Crippen LogP contribution in [0.1, 0.15) is 94.2 Å². The van der Waals surface area contributed by atoms with Crippen molar-refractivity contribution in [1.82, 2.24) is 40.1 Å². The fourth-order valence-corrected chi connectivity index (χ4v) is 13.0. The zero-order valence-corrected chi connectivity index (χ0v) is 45.0. The summed E-state index contributed by atoms with van der Waals surface area (Å²) in [5, 5.41) is 7.23. The highest BCUT2D eigenvalue weighted by molar-refractivity contribution is 7.10. The summed E-state index contributed by atoms with van der Waals surface area (Å²) in [7, 11) is 1.70. The predicted octanol–water partition coefficient (Wildman–Crippen LogP) is 6.76. The Kier molecular flexibility index (Phi) is 16.0. The number of hydrogen-bond donors (Lipinski definition) is 2. The first kappa shape index (κ1) is 53.1. The Morgan fingerprint density at radius 1 is 1.00 bits per heavy atom. The number of anilines is 1. The maximum Gasteiger partial charge on any atom is 0.324 e. The van der Waals surface area contributed by atoms with Crippen molar-refractivity contribution in [3.8, 4) is 22.5 Å². The number of fused-ring (bicyclic) bond motifs is 7. The predicted molar refractivity (Wildman–Crippen MR) is 281 cm³/mol. The monoisotopic (exact) mass is 1070 g/mol. The number of carbonyl (C=O) groups excluding carboxylic acids is 3. The maximum atomic E-state index is 14.9. The molecule has 1 saturated carbocycles. The summed E-state index contributed by atoms with van der Waals surface area (Å²) < 4.78 is 67.1. The summed E-state index contributed by atoms with van der Waals surface area (Å²) in [4.78, 5) is 60.4. The number of cyclic esters (lactones) is 1. The summed E-state index contributed by atoms with van der Waals surface area (Å²) in [5.41, 5.74) is 9.49. The number of nitrogens with zero attached hydrogens (tertiary/aromatic N) is 7. The summed E-state index contributed by atoms with van der Waals surface area (Å²) in [6, 6.07) is 6.21. The van der Waals surface area contributed by atoms with E-state index in [-0.39, 0.29) is 42.3 Å². The Hall–Kier alpha value is -4.87. The molecule has 3 amide bonds. The molecule has 6 bridgehead atoms. The van der Waals surface area contributed by atoms with Crippen LogP contribution in [0, 0.1) is 11.3 Å². The van der Waals surface area contributed by atoms with Crippen LogP contribution in [-0.4, -0.2) is 177 Å². The summed E-state index contributed by atoms with van der Waals surface area (Å²) in [5.74, 6) is -1.01. The third kappa shape index (κ3) is 11.4. The highest BCUT2D eigenvalue weighted by Crippen LogP contribution is 2.44. The Balaban J connectivity index is 1.04. The van der Waals surface area contributed by atoms with Gasteiger partial charge in [-0.3, -0.25) is 24.5 Å². The Labute approximate surface area is 447 Å². The molecule has 4 aromatic rings. The van der Waals surface area contributed by atoms with Crippen LogP contribution in [0.2, 0.25) is 0 Å². The first-order valence-electron chi connectivity index (χ1n) is 27.4. The van der Waals surface area contributed by atoms with Crippen molar-refractivity contribution in [1.29, 1.82) is 0 Å². The first-order chi connectivity index (χ1) is 36.8. The number of hydrogen-bond acceptors (Lipinski definition) is 15. The van der Waals surface area contributed by atoms with E-state index in [9.17, 15) is 23.2 Å². The lowest BCUT2D eigenvalue weighted by atomic mass is 9.84. The average Bonchev–Trinajstić information content (AvgIpc) is 4.16. The zero-order chi connectivity index (χ0) is 52.7. The van der Waals surface area contributed by atoms with Crippen molar-refractivity contribution in [2.24, 2.45) is 11.3 Å². The molecule has 76 heavy (non-hydrogen) atoms. The van der Waals surface area contributed by atoms with E-state index in [0.717, 1.165) is 83.7 Å². The van der Waals surface area contributed by atoms with Crippen LogP contribution in [0.15, 0.2) is 35.8 Å². The Bertz CT molecular complexity index is 2720. The number of likely N-dealkylation sites (tertiary alicyclic amines) is 1. The van der Waals surface area contributed by atoms with E-state index in [1.165, 1.54) is 29.2 Å². The van der Waals surface area contributed by atoms with Crippen LogP contribution in [-0.2, 0) is 51.0 Å². The number of thiazole rings is 1. The Morgan fingerprint density at radius 2 is 1.80 bits per heavy atom. The van der Waals surface area contributed by atoms with Crippen LogP contribution >= 0.6 is 11.3 Å². The molecule has 6 fully saturated rings. The molecule has 3 aromatic heterocycles. The van der Waals surface area contributed by atoms with Gasteiger partial charge in [0.25, 0.3) is 12.3 Å². The molecule has 0 spiro atoms. The van der Waals surface area contributed by atoms with Gasteiger partial charge in [0, 0.05) is 124 Å². The Morgan fingerprint density at radius 3 is 2.57 bits per heavy atom. The normalized spacial score (nSPS) is 26.2. The second-order valence-electron chi connectivity index (χ2n) is 22.4. The lowest BCUT2D eigenvalue weighted by Crippen LogP contribution is -2.67. The number of urea groups is 1. The van der Waals surface area contributed by atoms with E-state index in [4.69, 9.17) is 38.4 Å². The second-order valence-corrected chi connectivity index (χ2v) is 23.3. The standard InChI is InChI=1S/C55H73F2N9O9S/c1-33(70-4)47-40(25-37(27-58-47)63-17-15-62(16-18-63)36-8-9-36)49-41-26-55(2,3)32-75-53(68)42-6-5-14-66(61-42)52(67)48(60-54(69)65-28-35-29-72-22-13-44(35)65)50(74-30-46(56)57)51-59-43(31-76-51)34-7-10-45(39(41)24-34)64(49)19-23-73-38-11-20-71-21-12-38/h7,10,24-25,27,31,33,35-36,38,42,44,46,48,50,61H,5-6,8-9,11-23,26,28-30,32H2,1-4H3,(H,60,69)/t33-,35+,42-,44-,48-,50-/m0/s1. The number of pyridine rings is 1. The molecule has 5 saturated heterocycles. The van der Waals surface area contributed by atoms with E-state index in [2.05, 4.69) is 57.2 Å². The van der Waals surface area contributed by atoms with Crippen molar-refractivity contribution in [2.45, 2.75) is 128 Å². The van der Waals surface area contributed by atoms with Gasteiger partial charge >= 0.3 is 12.0 Å². The number of rotatable bonds is 13. The largest absolute Gasteiger partial charge is 0.464 e. The van der Waals surface area contributed by atoms with Crippen LogP contribution in [0.3, 0.4) is 0 Å². The highest BCUT2D eigenvalue weighted by atomic mass is 32.1. The van der Waals surface area contributed by atoms with Gasteiger partial charge in [-0.2, -0.15) is 0 Å². The van der Waals surface area contributed by atoms with E-state index in [0.29, 0.717) is 83.5 Å². The van der Waals surface area contributed by atoms with Crippen LogP contribution in [0.5, 0.6) is 0 Å². The summed E-state index contributed by atoms with van der Waals surface area (Å²) >= 11 is 1.17. The number of hydrazine groups is 1. The van der Waals surface area contributed by atoms with Gasteiger partial charge in [-0.15, -0.1) is 11.3 Å². The summed E-state index contributed by atoms with van der Waals surface area (Å²) in [6.07, 6.45) is 3.54. The summed E-state index contributed by atoms with van der Waals surface area (Å²) in [6.45, 7) is 13.0. The molecule has 0 unspecified atom stereocenters. The number of carbonyl (C=O) groups is 3. The van der Waals surface area contributed by atoms with Gasteiger partial charge in [-0.1, -0.05) is 19.9 Å². The molecule has 1 aromatic carbocycles. The second kappa shape index (κ2) is 22.8. The van der Waals surface area contributed by atoms with E-state index >= 15 is 0 Å². The number of aromatic nitrogens is 3. The van der Waals surface area contributed by atoms with E-state index in [1.807, 2.05) is 24.6 Å². The van der Waals surface area contributed by atoms with Crippen LogP contribution in [0.4, 0.5) is 19.3 Å². The van der Waals surface area contributed by atoms with Gasteiger partial charge in [0.15, 0.2) is 0 Å². The quantitative estimate of drug-likeness (QED) is 0.135. The highest BCUT2D eigenvalue weighted by Gasteiger charge is 2.47. The number of methoxy groups -OCH3 is 1. The molecule has 0 radical (unpaired) electrons. The third-order valence-electron chi connectivity index (χ3n) is 16.5. The minimum absolute atomic E-state index is 0.0578. The molecule has 2 N–H and O–H groups in total. The molecule has 1 aliphatic carbocycles. The number of benzene rings is 1. The van der Waals surface area contributed by atoms with Gasteiger partial charge < -0.3 is 48.1 Å². The lowest BCUT2D eigenvalue weighted by molar-refractivity contribution is -0.156. The minimum atomic E-state index is -2.88. The SMILES string of the molecule is CO[C@@H](C)c1ncc(N2CCN(C3CC3)CC2)cc1-c1c2c3cc(ccc3n1CCOC1CCOCC1)-c1csc(n1)[C@@H](OCC(F)F)[C@H](NC(=O)N1C[C@@H]3COCC[C@@H]31)C(=O)N1CCC[C@H](N1)C(=O)OCC(C)(C)C2. The lowest BCUT2D eigenvalue weighted by Gasteiger charge is -2.50. The topological polar surface area (TPSA) is 174 Å². The van der Waals surface area contributed by atoms with E-state index in [1.54, 1.807) is 12.0 Å². The van der Waals surface area contributed by atoms with Gasteiger partial charge in [0.1, 0.15) is 29.8 Å². The number of nitrogens with one attached hydrogen (secondary N) is 2. The fourth-order valence-electron chi connectivity index (χ4n) is 12.1. The number of piperazine rings is 1. The minimum Gasteiger partial charge on any atom is -0.464 e. The third-order valence-corrected chi connectivity index (χ3v) is 17.4. The van der Waals surface area contributed by atoms with Crippen molar-refractivity contribution in [3.63, 3.8) is 0 Å². The van der Waals surface area contributed by atoms with Crippen molar-refractivity contribution >= 4 is 45.8 Å². The van der Waals surface area contributed by atoms with Crippen LogP contribution in [0.25, 0.3) is 33.4 Å². The molecule has 9 heterocycles. The molecular weight excluding hydrogens is 1000 g/mol. The zero-order valence-electron chi connectivity index (χ0n) is 44.2. The van der Waals surface area contributed by atoms with Gasteiger partial charge in [-0.05, 0) is 82.1 Å². The molecule has 11 rings (SSSR count). The van der Waals surface area contributed by atoms with E-state index < -0.39 is 54.5 Å². The molecule has 18 nitrogen and oxygen atoms in total. The van der Waals surface area contributed by atoms with Crippen molar-refractivity contribution in [2.75, 3.05) is 97.5 Å². The molecule has 6 atom stereocenters. The van der Waals surface area contributed by atoms with Gasteiger partial charge in [0.2, 0.25) is 0 Å². The smallest absolute Gasteiger partial charge is 0.324 e. The number of esters is 1.